The lowest BCUT2D eigenvalue weighted by molar-refractivity contribution is -0.384. The highest BCUT2D eigenvalue weighted by molar-refractivity contribution is 7.99. The highest BCUT2D eigenvalue weighted by atomic mass is 35.5. The van der Waals surface area contributed by atoms with E-state index in [1.807, 2.05) is 37.5 Å². The molecule has 3 aromatic rings. The van der Waals surface area contributed by atoms with Crippen molar-refractivity contribution in [2.24, 2.45) is 0 Å². The van der Waals surface area contributed by atoms with Gasteiger partial charge in [0.05, 0.1) is 27.4 Å². The molecule has 178 valence electrons. The van der Waals surface area contributed by atoms with Crippen LogP contribution in [-0.4, -0.2) is 37.3 Å². The molecule has 0 unspecified atom stereocenters. The third-order valence-corrected chi connectivity index (χ3v) is 6.17. The van der Waals surface area contributed by atoms with Gasteiger partial charge in [0.2, 0.25) is 5.91 Å². The maximum absolute atomic E-state index is 12.5. The average molecular weight is 503 g/mol. The third-order valence-electron chi connectivity index (χ3n) is 4.88. The van der Waals surface area contributed by atoms with Gasteiger partial charge in [-0.15, -0.1) is 10.2 Å². The molecule has 3 rings (SSSR count). The summed E-state index contributed by atoms with van der Waals surface area (Å²) in [7, 11) is 0. The van der Waals surface area contributed by atoms with E-state index in [9.17, 15) is 19.7 Å². The first-order valence-electron chi connectivity index (χ1n) is 10.4. The van der Waals surface area contributed by atoms with Crippen molar-refractivity contribution in [3.63, 3.8) is 0 Å². The Hall–Kier alpha value is -3.44. The van der Waals surface area contributed by atoms with Gasteiger partial charge in [0.1, 0.15) is 0 Å². The van der Waals surface area contributed by atoms with E-state index in [0.717, 1.165) is 17.3 Å². The van der Waals surface area contributed by atoms with Crippen molar-refractivity contribution < 1.29 is 14.5 Å². The number of nitro groups is 1. The Morgan fingerprint density at radius 1 is 1.21 bits per heavy atom. The highest BCUT2D eigenvalue weighted by Crippen LogP contribution is 2.27. The molecule has 34 heavy (non-hydrogen) atoms. The van der Waals surface area contributed by atoms with E-state index in [2.05, 4.69) is 20.8 Å². The number of carbonyl (C=O) groups is 2. The number of benzene rings is 2. The SMILES string of the molecule is CCn1c(SCC(=O)Nc2cc([N+](=O)[O-])ccc2Cl)nnc1[C@@H](C)NC(=O)c1ccc(C)cc1. The van der Waals surface area contributed by atoms with Gasteiger partial charge in [-0.25, -0.2) is 0 Å². The fourth-order valence-electron chi connectivity index (χ4n) is 3.11. The summed E-state index contributed by atoms with van der Waals surface area (Å²) in [4.78, 5) is 35.3. The number of nitrogens with one attached hydrogen (secondary N) is 2. The maximum Gasteiger partial charge on any atom is 0.271 e. The second kappa shape index (κ2) is 11.1. The van der Waals surface area contributed by atoms with Crippen LogP contribution in [0.4, 0.5) is 11.4 Å². The van der Waals surface area contributed by atoms with Crippen molar-refractivity contribution in [1.82, 2.24) is 20.1 Å². The fourth-order valence-corrected chi connectivity index (χ4v) is 4.09. The lowest BCUT2D eigenvalue weighted by atomic mass is 10.1. The Morgan fingerprint density at radius 2 is 1.91 bits per heavy atom. The molecular weight excluding hydrogens is 480 g/mol. The van der Waals surface area contributed by atoms with Gasteiger partial charge in [0.15, 0.2) is 11.0 Å². The van der Waals surface area contributed by atoms with Gasteiger partial charge in [-0.3, -0.25) is 19.7 Å². The standard InChI is InChI=1S/C22H23ClN6O4S/c1-4-28-20(14(3)24-21(31)15-7-5-13(2)6-8-15)26-27-22(28)34-12-19(30)25-18-11-16(29(32)33)9-10-17(18)23/h5-11,14H,4,12H2,1-3H3,(H,24,31)(H,25,30)/t14-/m1/s1. The number of carbonyl (C=O) groups excluding carboxylic acids is 2. The Kier molecular flexibility index (Phi) is 8.24. The van der Waals surface area contributed by atoms with Gasteiger partial charge in [0, 0.05) is 24.2 Å². The van der Waals surface area contributed by atoms with E-state index in [1.165, 1.54) is 18.2 Å². The minimum atomic E-state index is -0.565. The van der Waals surface area contributed by atoms with Crippen molar-refractivity contribution in [2.45, 2.75) is 38.5 Å². The zero-order valence-corrected chi connectivity index (χ0v) is 20.3. The fraction of sp³-hybridized carbons (Fsp3) is 0.273. The Morgan fingerprint density at radius 3 is 2.56 bits per heavy atom. The molecule has 1 atom stereocenters. The van der Waals surface area contributed by atoms with Crippen LogP contribution < -0.4 is 10.6 Å². The molecule has 0 aliphatic carbocycles. The molecule has 2 amide bonds. The molecule has 2 aromatic carbocycles. The number of hydrogen-bond donors (Lipinski definition) is 2. The van der Waals surface area contributed by atoms with Gasteiger partial charge >= 0.3 is 0 Å². The number of aryl methyl sites for hydroxylation is 1. The Bertz CT molecular complexity index is 1210. The monoisotopic (exact) mass is 502 g/mol. The lowest BCUT2D eigenvalue weighted by Crippen LogP contribution is -2.28. The summed E-state index contributed by atoms with van der Waals surface area (Å²) in [6.45, 7) is 6.21. The number of anilines is 1. The molecule has 0 saturated heterocycles. The van der Waals surface area contributed by atoms with E-state index in [0.29, 0.717) is 23.1 Å². The normalized spacial score (nSPS) is 11.6. The molecule has 12 heteroatoms. The van der Waals surface area contributed by atoms with Crippen LogP contribution in [0.5, 0.6) is 0 Å². The van der Waals surface area contributed by atoms with E-state index < -0.39 is 16.9 Å². The number of nitrogens with zero attached hydrogens (tertiary/aromatic N) is 4. The summed E-state index contributed by atoms with van der Waals surface area (Å²) in [5.41, 5.74) is 1.59. The quantitative estimate of drug-likeness (QED) is 0.252. The van der Waals surface area contributed by atoms with Crippen LogP contribution in [0.3, 0.4) is 0 Å². The molecule has 0 radical (unpaired) electrons. The molecule has 0 saturated carbocycles. The lowest BCUT2D eigenvalue weighted by Gasteiger charge is -2.15. The summed E-state index contributed by atoms with van der Waals surface area (Å²) in [6, 6.07) is 10.7. The summed E-state index contributed by atoms with van der Waals surface area (Å²) in [6.07, 6.45) is 0. The number of thioether (sulfide) groups is 1. The molecule has 0 fully saturated rings. The molecule has 0 aliphatic rings. The summed E-state index contributed by atoms with van der Waals surface area (Å²) >= 11 is 7.19. The number of halogens is 1. The highest BCUT2D eigenvalue weighted by Gasteiger charge is 2.20. The van der Waals surface area contributed by atoms with Crippen LogP contribution in [0.25, 0.3) is 0 Å². The summed E-state index contributed by atoms with van der Waals surface area (Å²) < 4.78 is 1.82. The molecule has 0 aliphatic heterocycles. The first-order chi connectivity index (χ1) is 16.2. The topological polar surface area (TPSA) is 132 Å². The van der Waals surface area contributed by atoms with Crippen molar-refractivity contribution in [3.8, 4) is 0 Å². The predicted molar refractivity (Wildman–Crippen MR) is 130 cm³/mol. The van der Waals surface area contributed by atoms with Gasteiger partial charge < -0.3 is 15.2 Å². The van der Waals surface area contributed by atoms with Gasteiger partial charge in [-0.2, -0.15) is 0 Å². The molecule has 1 aromatic heterocycles. The van der Waals surface area contributed by atoms with E-state index in [-0.39, 0.29) is 28.1 Å². The summed E-state index contributed by atoms with van der Waals surface area (Å²) in [5, 5.41) is 25.5. The number of non-ortho nitro benzene ring substituents is 1. The van der Waals surface area contributed by atoms with Crippen LogP contribution in [-0.2, 0) is 11.3 Å². The minimum Gasteiger partial charge on any atom is -0.342 e. The smallest absolute Gasteiger partial charge is 0.271 e. The number of aromatic nitrogens is 3. The molecule has 0 spiro atoms. The summed E-state index contributed by atoms with van der Waals surface area (Å²) in [5.74, 6) is -0.0742. The van der Waals surface area contributed by atoms with Crippen LogP contribution in [0, 0.1) is 17.0 Å². The van der Waals surface area contributed by atoms with Gasteiger partial charge in [-0.05, 0) is 39.0 Å². The molecule has 2 N–H and O–H groups in total. The Labute approximate surface area is 205 Å². The number of rotatable bonds is 9. The van der Waals surface area contributed by atoms with Crippen molar-refractivity contribution >= 4 is 46.6 Å². The third kappa shape index (κ3) is 6.12. The zero-order valence-electron chi connectivity index (χ0n) is 18.7. The maximum atomic E-state index is 12.5. The van der Waals surface area contributed by atoms with E-state index >= 15 is 0 Å². The number of hydrogen-bond acceptors (Lipinski definition) is 7. The molecule has 1 heterocycles. The molecule has 10 nitrogen and oxygen atoms in total. The number of nitro benzene ring substituents is 1. The van der Waals surface area contributed by atoms with E-state index in [4.69, 9.17) is 11.6 Å². The van der Waals surface area contributed by atoms with Crippen LogP contribution in [0.1, 0.15) is 41.6 Å². The van der Waals surface area contributed by atoms with Gasteiger partial charge in [0.25, 0.3) is 11.6 Å². The predicted octanol–water partition coefficient (Wildman–Crippen LogP) is 4.39. The van der Waals surface area contributed by atoms with Crippen LogP contribution in [0.15, 0.2) is 47.6 Å². The minimum absolute atomic E-state index is 0.0126. The van der Waals surface area contributed by atoms with Crippen LogP contribution >= 0.6 is 23.4 Å². The van der Waals surface area contributed by atoms with Crippen molar-refractivity contribution in [1.29, 1.82) is 0 Å². The van der Waals surface area contributed by atoms with Crippen molar-refractivity contribution in [3.05, 3.63) is 74.6 Å². The average Bonchev–Trinajstić information content (AvgIpc) is 3.22. The number of amides is 2. The van der Waals surface area contributed by atoms with Gasteiger partial charge in [-0.1, -0.05) is 41.1 Å². The first kappa shape index (κ1) is 25.2. The second-order valence-electron chi connectivity index (χ2n) is 7.40. The van der Waals surface area contributed by atoms with Crippen molar-refractivity contribution in [2.75, 3.05) is 11.1 Å². The van der Waals surface area contributed by atoms with Crippen LogP contribution in [0.2, 0.25) is 5.02 Å². The Balaban J connectivity index is 1.64. The first-order valence-corrected chi connectivity index (χ1v) is 11.7. The second-order valence-corrected chi connectivity index (χ2v) is 8.75. The van der Waals surface area contributed by atoms with E-state index in [1.54, 1.807) is 12.1 Å². The largest absolute Gasteiger partial charge is 0.342 e. The molecule has 0 bridgehead atoms. The molecular formula is C22H23ClN6O4S. The zero-order chi connectivity index (χ0) is 24.8.